The maximum absolute atomic E-state index is 6.16. The summed E-state index contributed by atoms with van der Waals surface area (Å²) >= 11 is 7.73. The molecule has 0 aliphatic heterocycles. The fourth-order valence-corrected chi connectivity index (χ4v) is 2.47. The molecule has 2 aromatic heterocycles. The van der Waals surface area contributed by atoms with Gasteiger partial charge in [0.15, 0.2) is 0 Å². The second-order valence-electron chi connectivity index (χ2n) is 3.88. The average Bonchev–Trinajstić information content (AvgIpc) is 2.46. The molecule has 0 saturated carbocycles. The maximum Gasteiger partial charge on any atom is 0.126 e. The zero-order chi connectivity index (χ0) is 13.5. The van der Waals surface area contributed by atoms with Crippen molar-refractivity contribution < 1.29 is 0 Å². The number of anilines is 1. The van der Waals surface area contributed by atoms with E-state index in [9.17, 15) is 0 Å². The molecule has 0 aromatic carbocycles. The van der Waals surface area contributed by atoms with Gasteiger partial charge in [0.05, 0.1) is 16.9 Å². The highest BCUT2D eigenvalue weighted by atomic mass is 35.5. The van der Waals surface area contributed by atoms with E-state index in [4.69, 9.17) is 11.6 Å². The molecule has 100 valence electrons. The van der Waals surface area contributed by atoms with Gasteiger partial charge in [0.2, 0.25) is 0 Å². The molecule has 0 bridgehead atoms. The molecule has 2 heterocycles. The molecule has 4 nitrogen and oxygen atoms in total. The van der Waals surface area contributed by atoms with Gasteiger partial charge in [-0.05, 0) is 18.6 Å². The Hall–Kier alpha value is -1.33. The first-order valence-corrected chi connectivity index (χ1v) is 7.44. The van der Waals surface area contributed by atoms with Crippen molar-refractivity contribution >= 4 is 29.2 Å². The SMILES string of the molecule is CCCNc1ccc(Cl)c(CSc2cnccn2)n1. The van der Waals surface area contributed by atoms with Gasteiger partial charge in [-0.3, -0.25) is 4.98 Å². The van der Waals surface area contributed by atoms with Crippen LogP contribution in [0.4, 0.5) is 5.82 Å². The van der Waals surface area contributed by atoms with Crippen molar-refractivity contribution in [1.82, 2.24) is 15.0 Å². The highest BCUT2D eigenvalue weighted by Crippen LogP contribution is 2.24. The van der Waals surface area contributed by atoms with E-state index >= 15 is 0 Å². The minimum Gasteiger partial charge on any atom is -0.370 e. The molecule has 0 radical (unpaired) electrons. The van der Waals surface area contributed by atoms with Crippen molar-refractivity contribution in [3.05, 3.63) is 41.4 Å². The second-order valence-corrected chi connectivity index (χ2v) is 5.29. The molecule has 0 amide bonds. The highest BCUT2D eigenvalue weighted by molar-refractivity contribution is 7.98. The van der Waals surface area contributed by atoms with E-state index in [0.717, 1.165) is 29.5 Å². The molecule has 0 saturated heterocycles. The van der Waals surface area contributed by atoms with Gasteiger partial charge in [-0.2, -0.15) is 0 Å². The summed E-state index contributed by atoms with van der Waals surface area (Å²) in [5, 5.41) is 4.80. The van der Waals surface area contributed by atoms with Crippen LogP contribution in [0.25, 0.3) is 0 Å². The summed E-state index contributed by atoms with van der Waals surface area (Å²) in [6.07, 6.45) is 6.13. The molecule has 0 unspecified atom stereocenters. The van der Waals surface area contributed by atoms with Gasteiger partial charge in [-0.1, -0.05) is 30.3 Å². The first kappa shape index (κ1) is 14.1. The van der Waals surface area contributed by atoms with Crippen molar-refractivity contribution in [2.45, 2.75) is 24.1 Å². The lowest BCUT2D eigenvalue weighted by Crippen LogP contribution is -2.03. The summed E-state index contributed by atoms with van der Waals surface area (Å²) in [5.41, 5.74) is 0.860. The zero-order valence-electron chi connectivity index (χ0n) is 10.6. The number of rotatable bonds is 6. The van der Waals surface area contributed by atoms with Crippen molar-refractivity contribution in [1.29, 1.82) is 0 Å². The summed E-state index contributed by atoms with van der Waals surface area (Å²) < 4.78 is 0. The standard InChI is InChI=1S/C13H15ClN4S/c1-2-5-16-12-4-3-10(14)11(18-12)9-19-13-8-15-6-7-17-13/h3-4,6-8H,2,5,9H2,1H3,(H,16,18). The summed E-state index contributed by atoms with van der Waals surface area (Å²) in [6, 6.07) is 3.77. The Kier molecular flexibility index (Phi) is 5.42. The third kappa shape index (κ3) is 4.36. The second kappa shape index (κ2) is 7.31. The van der Waals surface area contributed by atoms with Crippen LogP contribution in [0.3, 0.4) is 0 Å². The minimum absolute atomic E-state index is 0.679. The summed E-state index contributed by atoms with van der Waals surface area (Å²) in [7, 11) is 0. The van der Waals surface area contributed by atoms with Crippen molar-refractivity contribution in [2.75, 3.05) is 11.9 Å². The van der Waals surface area contributed by atoms with Gasteiger partial charge in [-0.15, -0.1) is 0 Å². The predicted octanol–water partition coefficient (Wildman–Crippen LogP) is 3.64. The lowest BCUT2D eigenvalue weighted by atomic mass is 10.3. The van der Waals surface area contributed by atoms with E-state index < -0.39 is 0 Å². The molecule has 0 fully saturated rings. The maximum atomic E-state index is 6.16. The monoisotopic (exact) mass is 294 g/mol. The van der Waals surface area contributed by atoms with Crippen LogP contribution in [-0.4, -0.2) is 21.5 Å². The average molecular weight is 295 g/mol. The Morgan fingerprint density at radius 3 is 2.95 bits per heavy atom. The van der Waals surface area contributed by atoms with Gasteiger partial charge in [0.25, 0.3) is 0 Å². The lowest BCUT2D eigenvalue weighted by Gasteiger charge is -2.08. The fraction of sp³-hybridized carbons (Fsp3) is 0.308. The Bertz CT molecular complexity index is 521. The number of thioether (sulfide) groups is 1. The largest absolute Gasteiger partial charge is 0.370 e. The van der Waals surface area contributed by atoms with Crippen molar-refractivity contribution in [2.24, 2.45) is 0 Å². The molecule has 1 N–H and O–H groups in total. The summed E-state index contributed by atoms with van der Waals surface area (Å²) in [6.45, 7) is 3.03. The number of pyridine rings is 1. The molecule has 0 spiro atoms. The van der Waals surface area contributed by atoms with Crippen LogP contribution in [0.15, 0.2) is 35.7 Å². The van der Waals surface area contributed by atoms with Crippen LogP contribution in [0.5, 0.6) is 0 Å². The van der Waals surface area contributed by atoms with E-state index in [1.807, 2.05) is 12.1 Å². The zero-order valence-corrected chi connectivity index (χ0v) is 12.2. The molecule has 19 heavy (non-hydrogen) atoms. The Morgan fingerprint density at radius 1 is 1.32 bits per heavy atom. The minimum atomic E-state index is 0.679. The van der Waals surface area contributed by atoms with Gasteiger partial charge >= 0.3 is 0 Å². The smallest absolute Gasteiger partial charge is 0.126 e. The number of hydrogen-bond acceptors (Lipinski definition) is 5. The molecule has 0 aliphatic rings. The Morgan fingerprint density at radius 2 is 2.21 bits per heavy atom. The van der Waals surface area contributed by atoms with Gasteiger partial charge < -0.3 is 5.32 Å². The molecule has 2 rings (SSSR count). The Labute approximate surface area is 122 Å². The van der Waals surface area contributed by atoms with E-state index in [-0.39, 0.29) is 0 Å². The third-order valence-electron chi connectivity index (χ3n) is 2.37. The molecule has 6 heteroatoms. The van der Waals surface area contributed by atoms with Crippen LogP contribution in [0.1, 0.15) is 19.0 Å². The first-order chi connectivity index (χ1) is 9.29. The van der Waals surface area contributed by atoms with Crippen molar-refractivity contribution in [3.8, 4) is 0 Å². The van der Waals surface area contributed by atoms with E-state index in [1.165, 1.54) is 0 Å². The number of halogens is 1. The highest BCUT2D eigenvalue weighted by Gasteiger charge is 2.05. The normalized spacial score (nSPS) is 10.4. The quantitative estimate of drug-likeness (QED) is 0.824. The molecular formula is C13H15ClN4S. The number of nitrogens with zero attached hydrogens (tertiary/aromatic N) is 3. The van der Waals surface area contributed by atoms with Gasteiger partial charge in [0, 0.05) is 24.7 Å². The summed E-state index contributed by atoms with van der Waals surface area (Å²) in [5.74, 6) is 1.54. The number of nitrogens with one attached hydrogen (secondary N) is 1. The van der Waals surface area contributed by atoms with E-state index in [0.29, 0.717) is 10.8 Å². The Balaban J connectivity index is 2.02. The first-order valence-electron chi connectivity index (χ1n) is 6.07. The fourth-order valence-electron chi connectivity index (χ4n) is 1.44. The van der Waals surface area contributed by atoms with E-state index in [1.54, 1.807) is 30.4 Å². The third-order valence-corrected chi connectivity index (χ3v) is 3.64. The van der Waals surface area contributed by atoms with Crippen LogP contribution in [0, 0.1) is 0 Å². The number of hydrogen-bond donors (Lipinski definition) is 1. The van der Waals surface area contributed by atoms with Gasteiger partial charge in [0.1, 0.15) is 10.8 Å². The molecule has 0 aliphatic carbocycles. The summed E-state index contributed by atoms with van der Waals surface area (Å²) in [4.78, 5) is 12.8. The molecule has 2 aromatic rings. The molecular weight excluding hydrogens is 280 g/mol. The predicted molar refractivity (Wildman–Crippen MR) is 79.6 cm³/mol. The van der Waals surface area contributed by atoms with E-state index in [2.05, 4.69) is 27.2 Å². The van der Waals surface area contributed by atoms with Crippen LogP contribution in [-0.2, 0) is 5.75 Å². The van der Waals surface area contributed by atoms with Crippen LogP contribution < -0.4 is 5.32 Å². The van der Waals surface area contributed by atoms with Crippen molar-refractivity contribution in [3.63, 3.8) is 0 Å². The molecule has 0 atom stereocenters. The van der Waals surface area contributed by atoms with Crippen LogP contribution >= 0.6 is 23.4 Å². The van der Waals surface area contributed by atoms with Gasteiger partial charge in [-0.25, -0.2) is 9.97 Å². The number of aromatic nitrogens is 3. The van der Waals surface area contributed by atoms with Crippen LogP contribution in [0.2, 0.25) is 5.02 Å². The lowest BCUT2D eigenvalue weighted by molar-refractivity contribution is 0.964. The topological polar surface area (TPSA) is 50.7 Å².